The molecule has 0 radical (unpaired) electrons. The van der Waals surface area contributed by atoms with Crippen molar-refractivity contribution in [2.75, 3.05) is 26.7 Å². The summed E-state index contributed by atoms with van der Waals surface area (Å²) in [6.07, 6.45) is 2.59. The van der Waals surface area contributed by atoms with E-state index in [1.54, 1.807) is 23.1 Å². The van der Waals surface area contributed by atoms with Gasteiger partial charge < -0.3 is 15.0 Å². The van der Waals surface area contributed by atoms with Gasteiger partial charge in [-0.05, 0) is 36.8 Å². The van der Waals surface area contributed by atoms with Gasteiger partial charge in [-0.15, -0.1) is 0 Å². The van der Waals surface area contributed by atoms with Gasteiger partial charge in [0.05, 0.1) is 24.5 Å². The van der Waals surface area contributed by atoms with Crippen molar-refractivity contribution < 1.29 is 14.3 Å². The summed E-state index contributed by atoms with van der Waals surface area (Å²) in [6, 6.07) is 5.04. The Kier molecular flexibility index (Phi) is 5.71. The van der Waals surface area contributed by atoms with Crippen LogP contribution in [0.1, 0.15) is 23.0 Å². The number of nitrogens with zero attached hydrogens (tertiary/aromatic N) is 4. The minimum absolute atomic E-state index is 0.152. The lowest BCUT2D eigenvalue weighted by atomic mass is 9.93. The van der Waals surface area contributed by atoms with Gasteiger partial charge in [-0.25, -0.2) is 15.0 Å². The fraction of sp³-hybridized carbons (Fsp3) is 0.316. The molecule has 28 heavy (non-hydrogen) atoms. The van der Waals surface area contributed by atoms with Gasteiger partial charge in [0.2, 0.25) is 5.91 Å². The lowest BCUT2D eigenvalue weighted by Gasteiger charge is -2.40. The van der Waals surface area contributed by atoms with Crippen molar-refractivity contribution in [3.05, 3.63) is 53.6 Å². The molecule has 8 nitrogen and oxygen atoms in total. The summed E-state index contributed by atoms with van der Waals surface area (Å²) in [5.41, 5.74) is 1.14. The molecule has 1 N–H and O–H groups in total. The topological polar surface area (TPSA) is 97.3 Å². The van der Waals surface area contributed by atoms with Crippen LogP contribution in [-0.2, 0) is 15.1 Å². The second kappa shape index (κ2) is 8.04. The van der Waals surface area contributed by atoms with Crippen LogP contribution in [0.2, 0.25) is 5.15 Å². The van der Waals surface area contributed by atoms with E-state index < -0.39 is 5.60 Å². The molecule has 0 aromatic carbocycles. The summed E-state index contributed by atoms with van der Waals surface area (Å²) < 4.78 is 5.99. The van der Waals surface area contributed by atoms with E-state index in [0.29, 0.717) is 31.1 Å². The number of nitrogens with one attached hydrogen (secondary N) is 1. The minimum Gasteiger partial charge on any atom is -0.367 e. The van der Waals surface area contributed by atoms with E-state index in [1.807, 2.05) is 6.92 Å². The van der Waals surface area contributed by atoms with Crippen LogP contribution in [0.15, 0.2) is 37.2 Å². The maximum Gasteiger partial charge on any atom is 0.269 e. The smallest absolute Gasteiger partial charge is 0.269 e. The number of hydrogen-bond acceptors (Lipinski definition) is 6. The first kappa shape index (κ1) is 19.9. The van der Waals surface area contributed by atoms with Crippen LogP contribution in [0.3, 0.4) is 0 Å². The van der Waals surface area contributed by atoms with Crippen LogP contribution in [0.25, 0.3) is 11.4 Å². The third-order valence-electron chi connectivity index (χ3n) is 4.55. The van der Waals surface area contributed by atoms with Gasteiger partial charge in [-0.3, -0.25) is 9.59 Å². The minimum atomic E-state index is -0.769. The summed E-state index contributed by atoms with van der Waals surface area (Å²) in [5, 5.41) is 2.77. The molecule has 1 atom stereocenters. The number of amides is 2. The summed E-state index contributed by atoms with van der Waals surface area (Å²) in [7, 11) is 1.53. The van der Waals surface area contributed by atoms with Gasteiger partial charge in [-0.2, -0.15) is 0 Å². The van der Waals surface area contributed by atoms with Gasteiger partial charge in [0.25, 0.3) is 5.91 Å². The number of hydrogen-bond donors (Lipinski definition) is 1. The van der Waals surface area contributed by atoms with E-state index in [0.717, 1.165) is 5.56 Å². The molecule has 2 aromatic rings. The zero-order chi connectivity index (χ0) is 20.3. The fourth-order valence-electron chi connectivity index (χ4n) is 3.04. The number of halogens is 1. The van der Waals surface area contributed by atoms with Crippen LogP contribution in [-0.4, -0.2) is 58.4 Å². The Bertz CT molecular complexity index is 936. The van der Waals surface area contributed by atoms with Crippen LogP contribution >= 0.6 is 11.6 Å². The van der Waals surface area contributed by atoms with E-state index >= 15 is 0 Å². The Balaban J connectivity index is 1.99. The van der Waals surface area contributed by atoms with E-state index in [4.69, 9.17) is 16.3 Å². The molecule has 0 bridgehead atoms. The molecule has 2 amide bonds. The molecule has 1 aliphatic rings. The SMILES string of the molecule is C=CC(=O)N1CCOC(C)(c2cc(Cl)nc(-c3cc(C(=O)NC)ncn3)c2)C1. The molecule has 3 rings (SSSR count). The maximum absolute atomic E-state index is 12.0. The van der Waals surface area contributed by atoms with Crippen molar-refractivity contribution in [1.29, 1.82) is 0 Å². The number of ether oxygens (including phenoxy) is 1. The predicted molar refractivity (Wildman–Crippen MR) is 104 cm³/mol. The standard InChI is InChI=1S/C19H20ClN5O3/c1-4-17(26)25-5-6-28-19(2,10-25)12-7-14(24-16(20)8-12)13-9-15(18(27)21-3)23-11-22-13/h4,7-9,11H,1,5-6,10H2,2-3H3,(H,21,27). The van der Waals surface area contributed by atoms with Gasteiger partial charge in [0.1, 0.15) is 22.8 Å². The third-order valence-corrected chi connectivity index (χ3v) is 4.75. The van der Waals surface area contributed by atoms with Gasteiger partial charge in [0.15, 0.2) is 0 Å². The van der Waals surface area contributed by atoms with Crippen molar-refractivity contribution >= 4 is 23.4 Å². The van der Waals surface area contributed by atoms with E-state index in [2.05, 4.69) is 26.8 Å². The highest BCUT2D eigenvalue weighted by Crippen LogP contribution is 2.33. The second-order valence-corrected chi connectivity index (χ2v) is 6.86. The zero-order valence-corrected chi connectivity index (χ0v) is 16.4. The van der Waals surface area contributed by atoms with Crippen LogP contribution in [0.5, 0.6) is 0 Å². The quantitative estimate of drug-likeness (QED) is 0.620. The van der Waals surface area contributed by atoms with E-state index in [-0.39, 0.29) is 22.7 Å². The van der Waals surface area contributed by atoms with Crippen molar-refractivity contribution in [3.8, 4) is 11.4 Å². The van der Waals surface area contributed by atoms with Crippen molar-refractivity contribution in [3.63, 3.8) is 0 Å². The average Bonchev–Trinajstić information content (AvgIpc) is 2.72. The lowest BCUT2D eigenvalue weighted by Crippen LogP contribution is -2.50. The Morgan fingerprint density at radius 1 is 1.32 bits per heavy atom. The van der Waals surface area contributed by atoms with Crippen LogP contribution in [0.4, 0.5) is 0 Å². The van der Waals surface area contributed by atoms with Crippen LogP contribution < -0.4 is 5.32 Å². The Hall–Kier alpha value is -2.84. The molecule has 9 heteroatoms. The summed E-state index contributed by atoms with van der Waals surface area (Å²) >= 11 is 6.25. The van der Waals surface area contributed by atoms with Gasteiger partial charge >= 0.3 is 0 Å². The maximum atomic E-state index is 12.0. The molecule has 0 spiro atoms. The van der Waals surface area contributed by atoms with E-state index in [1.165, 1.54) is 19.5 Å². The van der Waals surface area contributed by atoms with Crippen molar-refractivity contribution in [2.24, 2.45) is 0 Å². The fourth-order valence-corrected chi connectivity index (χ4v) is 3.25. The molecule has 0 saturated carbocycles. The predicted octanol–water partition coefficient (Wildman–Crippen LogP) is 1.81. The molecule has 3 heterocycles. The Morgan fingerprint density at radius 2 is 2.11 bits per heavy atom. The monoisotopic (exact) mass is 401 g/mol. The lowest BCUT2D eigenvalue weighted by molar-refractivity contribution is -0.144. The highest BCUT2D eigenvalue weighted by molar-refractivity contribution is 6.29. The van der Waals surface area contributed by atoms with Gasteiger partial charge in [0, 0.05) is 13.6 Å². The molecule has 146 valence electrons. The largest absolute Gasteiger partial charge is 0.367 e. The molecule has 2 aromatic heterocycles. The molecule has 1 aliphatic heterocycles. The zero-order valence-electron chi connectivity index (χ0n) is 15.6. The first-order chi connectivity index (χ1) is 13.4. The first-order valence-corrected chi connectivity index (χ1v) is 9.02. The van der Waals surface area contributed by atoms with Gasteiger partial charge in [-0.1, -0.05) is 18.2 Å². The summed E-state index contributed by atoms with van der Waals surface area (Å²) in [4.78, 5) is 38.0. The highest BCUT2D eigenvalue weighted by Gasteiger charge is 2.36. The summed E-state index contributed by atoms with van der Waals surface area (Å²) in [5.74, 6) is -0.479. The summed E-state index contributed by atoms with van der Waals surface area (Å²) in [6.45, 7) is 6.67. The number of morpholine rings is 1. The number of aromatic nitrogens is 3. The normalized spacial score (nSPS) is 19.2. The van der Waals surface area contributed by atoms with Crippen molar-refractivity contribution in [2.45, 2.75) is 12.5 Å². The number of carbonyl (C=O) groups excluding carboxylic acids is 2. The third kappa shape index (κ3) is 4.02. The average molecular weight is 402 g/mol. The Labute approximate surface area is 167 Å². The van der Waals surface area contributed by atoms with E-state index in [9.17, 15) is 9.59 Å². The number of carbonyl (C=O) groups is 2. The van der Waals surface area contributed by atoms with Crippen LogP contribution in [0, 0.1) is 0 Å². The molecular weight excluding hydrogens is 382 g/mol. The first-order valence-electron chi connectivity index (χ1n) is 8.64. The highest BCUT2D eigenvalue weighted by atomic mass is 35.5. The molecule has 1 fully saturated rings. The molecule has 0 aliphatic carbocycles. The Morgan fingerprint density at radius 3 is 2.82 bits per heavy atom. The number of rotatable bonds is 4. The van der Waals surface area contributed by atoms with Crippen molar-refractivity contribution in [1.82, 2.24) is 25.2 Å². The molecule has 1 unspecified atom stereocenters. The molecular formula is C19H20ClN5O3. The second-order valence-electron chi connectivity index (χ2n) is 6.47. The number of pyridine rings is 1. The molecule has 1 saturated heterocycles.